The van der Waals surface area contributed by atoms with E-state index in [1.54, 1.807) is 0 Å². The standard InChI is InChI=1S/C24H21ClF5NO3/c1-14(13-25)12-23(15-2-4-17(26)5-3-15)33-20-10-18(19(27)11-21(20)34-23)22(32)31-8-6-16(7-9-31)24(28,29)30/h2-5,10-11,16H,1,6-9,12-13H2. The van der Waals surface area contributed by atoms with Crippen molar-refractivity contribution < 1.29 is 36.2 Å². The van der Waals surface area contributed by atoms with Crippen LogP contribution >= 0.6 is 11.6 Å². The number of rotatable bonds is 5. The van der Waals surface area contributed by atoms with Crippen molar-refractivity contribution in [1.29, 1.82) is 0 Å². The van der Waals surface area contributed by atoms with Crippen molar-refractivity contribution >= 4 is 17.5 Å². The second kappa shape index (κ2) is 9.09. The van der Waals surface area contributed by atoms with E-state index in [-0.39, 0.29) is 55.3 Å². The lowest BCUT2D eigenvalue weighted by Gasteiger charge is -2.33. The Morgan fingerprint density at radius 3 is 2.24 bits per heavy atom. The molecular formula is C24H21ClF5NO3. The van der Waals surface area contributed by atoms with E-state index >= 15 is 0 Å². The molecular weight excluding hydrogens is 481 g/mol. The van der Waals surface area contributed by atoms with Gasteiger partial charge in [0, 0.05) is 30.6 Å². The van der Waals surface area contributed by atoms with E-state index in [1.165, 1.54) is 35.2 Å². The molecule has 2 aromatic carbocycles. The number of hydrogen-bond acceptors (Lipinski definition) is 3. The first-order valence-corrected chi connectivity index (χ1v) is 11.1. The number of nitrogens with zero attached hydrogens (tertiary/aromatic N) is 1. The van der Waals surface area contributed by atoms with Gasteiger partial charge in [-0.3, -0.25) is 4.79 Å². The topological polar surface area (TPSA) is 38.8 Å². The first kappa shape index (κ1) is 24.3. The Kier molecular flexibility index (Phi) is 6.50. The Morgan fingerprint density at radius 2 is 1.68 bits per heavy atom. The molecule has 4 nitrogen and oxygen atoms in total. The fourth-order valence-electron chi connectivity index (χ4n) is 4.19. The number of benzene rings is 2. The Balaban J connectivity index is 1.60. The van der Waals surface area contributed by atoms with Crippen LogP contribution in [-0.4, -0.2) is 36.0 Å². The van der Waals surface area contributed by atoms with Crippen LogP contribution in [0.1, 0.15) is 35.2 Å². The minimum Gasteiger partial charge on any atom is -0.444 e. The van der Waals surface area contributed by atoms with Crippen molar-refractivity contribution in [2.45, 2.75) is 31.2 Å². The molecule has 0 N–H and O–H groups in total. The highest BCUT2D eigenvalue weighted by atomic mass is 35.5. The van der Waals surface area contributed by atoms with Crippen molar-refractivity contribution in [1.82, 2.24) is 4.90 Å². The van der Waals surface area contributed by atoms with Crippen LogP contribution in [0.15, 0.2) is 48.6 Å². The van der Waals surface area contributed by atoms with Crippen LogP contribution in [0.4, 0.5) is 22.0 Å². The van der Waals surface area contributed by atoms with Crippen LogP contribution in [0.3, 0.4) is 0 Å². The Bertz CT molecular complexity index is 1100. The van der Waals surface area contributed by atoms with Crippen LogP contribution in [-0.2, 0) is 5.79 Å². The number of amides is 1. The maximum absolute atomic E-state index is 14.9. The van der Waals surface area contributed by atoms with Crippen LogP contribution in [0.25, 0.3) is 0 Å². The van der Waals surface area contributed by atoms with Crippen molar-refractivity contribution in [3.63, 3.8) is 0 Å². The largest absolute Gasteiger partial charge is 0.444 e. The summed E-state index contributed by atoms with van der Waals surface area (Å²) in [4.78, 5) is 14.1. The second-order valence-corrected chi connectivity index (χ2v) is 8.68. The number of likely N-dealkylation sites (tertiary alicyclic amines) is 1. The Labute approximate surface area is 197 Å². The van der Waals surface area contributed by atoms with Gasteiger partial charge in [-0.05, 0) is 43.2 Å². The number of fused-ring (bicyclic) bond motifs is 1. The van der Waals surface area contributed by atoms with Crippen LogP contribution in [0, 0.1) is 17.6 Å². The summed E-state index contributed by atoms with van der Waals surface area (Å²) in [7, 11) is 0. The molecule has 0 spiro atoms. The smallest absolute Gasteiger partial charge is 0.391 e. The minimum atomic E-state index is -4.32. The Hall–Kier alpha value is -2.81. The van der Waals surface area contributed by atoms with Gasteiger partial charge in [0.1, 0.15) is 11.6 Å². The molecule has 182 valence electrons. The zero-order valence-corrected chi connectivity index (χ0v) is 18.7. The predicted molar refractivity (Wildman–Crippen MR) is 115 cm³/mol. The average molecular weight is 502 g/mol. The molecule has 0 saturated carbocycles. The fourth-order valence-corrected chi connectivity index (χ4v) is 4.28. The summed E-state index contributed by atoms with van der Waals surface area (Å²) >= 11 is 5.88. The quantitative estimate of drug-likeness (QED) is 0.279. The lowest BCUT2D eigenvalue weighted by Crippen LogP contribution is -2.42. The third kappa shape index (κ3) is 4.71. The highest BCUT2D eigenvalue weighted by Crippen LogP contribution is 2.48. The van der Waals surface area contributed by atoms with Gasteiger partial charge < -0.3 is 14.4 Å². The van der Waals surface area contributed by atoms with E-state index in [1.807, 2.05) is 0 Å². The van der Waals surface area contributed by atoms with Crippen molar-refractivity contribution in [3.8, 4) is 11.5 Å². The maximum atomic E-state index is 14.9. The fraction of sp³-hybridized carbons (Fsp3) is 0.375. The van der Waals surface area contributed by atoms with E-state index < -0.39 is 35.4 Å². The molecule has 34 heavy (non-hydrogen) atoms. The van der Waals surface area contributed by atoms with Crippen molar-refractivity contribution in [2.75, 3.05) is 19.0 Å². The molecule has 0 aromatic heterocycles. The van der Waals surface area contributed by atoms with E-state index in [0.717, 1.165) is 6.07 Å². The van der Waals surface area contributed by atoms with Crippen LogP contribution in [0.2, 0.25) is 0 Å². The monoisotopic (exact) mass is 501 g/mol. The Morgan fingerprint density at radius 1 is 1.09 bits per heavy atom. The lowest BCUT2D eigenvalue weighted by atomic mass is 9.96. The zero-order valence-electron chi connectivity index (χ0n) is 17.9. The predicted octanol–water partition coefficient (Wildman–Crippen LogP) is 6.19. The van der Waals surface area contributed by atoms with Gasteiger partial charge in [0.05, 0.1) is 17.9 Å². The van der Waals surface area contributed by atoms with Gasteiger partial charge in [0.25, 0.3) is 11.7 Å². The van der Waals surface area contributed by atoms with E-state index in [4.69, 9.17) is 21.1 Å². The third-order valence-corrected chi connectivity index (χ3v) is 6.39. The van der Waals surface area contributed by atoms with Crippen LogP contribution < -0.4 is 9.47 Å². The first-order valence-electron chi connectivity index (χ1n) is 10.6. The molecule has 2 aliphatic heterocycles. The summed E-state index contributed by atoms with van der Waals surface area (Å²) in [5, 5.41) is 0. The maximum Gasteiger partial charge on any atom is 0.391 e. The molecule has 1 atom stereocenters. The molecule has 1 unspecified atom stereocenters. The summed E-state index contributed by atoms with van der Waals surface area (Å²) < 4.78 is 79.2. The molecule has 4 rings (SSSR count). The molecule has 10 heteroatoms. The number of piperidine rings is 1. The molecule has 1 amide bonds. The van der Waals surface area contributed by atoms with Gasteiger partial charge in [-0.1, -0.05) is 12.2 Å². The normalized spacial score (nSPS) is 20.5. The highest BCUT2D eigenvalue weighted by Gasteiger charge is 2.45. The molecule has 2 heterocycles. The lowest BCUT2D eigenvalue weighted by molar-refractivity contribution is -0.183. The summed E-state index contributed by atoms with van der Waals surface area (Å²) in [6.07, 6.45) is -4.73. The van der Waals surface area contributed by atoms with Gasteiger partial charge >= 0.3 is 6.18 Å². The molecule has 2 aromatic rings. The van der Waals surface area contributed by atoms with E-state index in [2.05, 4.69) is 6.58 Å². The number of carbonyl (C=O) groups is 1. The van der Waals surface area contributed by atoms with Gasteiger partial charge in [0.15, 0.2) is 11.5 Å². The van der Waals surface area contributed by atoms with E-state index in [9.17, 15) is 26.7 Å². The molecule has 0 bridgehead atoms. The summed E-state index contributed by atoms with van der Waals surface area (Å²) in [5.41, 5.74) is 0.640. The SMILES string of the molecule is C=C(CCl)CC1(c2ccc(F)cc2)Oc2cc(F)c(C(=O)N3CCC(C(F)(F)F)CC3)cc2O1. The third-order valence-electron chi connectivity index (χ3n) is 6.01. The van der Waals surface area contributed by atoms with E-state index in [0.29, 0.717) is 11.1 Å². The molecule has 2 aliphatic rings. The van der Waals surface area contributed by atoms with Crippen molar-refractivity contribution in [3.05, 3.63) is 71.3 Å². The summed E-state index contributed by atoms with van der Waals surface area (Å²) in [5.74, 6) is -4.88. The number of ether oxygens (including phenoxy) is 2. The second-order valence-electron chi connectivity index (χ2n) is 8.41. The first-order chi connectivity index (χ1) is 16.0. The van der Waals surface area contributed by atoms with Crippen LogP contribution in [0.5, 0.6) is 11.5 Å². The summed E-state index contributed by atoms with van der Waals surface area (Å²) in [6.45, 7) is 3.59. The molecule has 1 saturated heterocycles. The number of alkyl halides is 4. The van der Waals surface area contributed by atoms with Gasteiger partial charge in [-0.2, -0.15) is 13.2 Å². The number of carbonyl (C=O) groups excluding carboxylic acids is 1. The minimum absolute atomic E-state index is 0.0246. The molecule has 0 aliphatic carbocycles. The average Bonchev–Trinajstić information content (AvgIpc) is 3.15. The number of halogens is 6. The van der Waals surface area contributed by atoms with Gasteiger partial charge in [-0.25, -0.2) is 8.78 Å². The molecule has 0 radical (unpaired) electrons. The number of hydrogen-bond donors (Lipinski definition) is 0. The summed E-state index contributed by atoms with van der Waals surface area (Å²) in [6, 6.07) is 7.52. The van der Waals surface area contributed by atoms with Gasteiger partial charge in [-0.15, -0.1) is 11.6 Å². The van der Waals surface area contributed by atoms with Crippen molar-refractivity contribution in [2.24, 2.45) is 5.92 Å². The highest BCUT2D eigenvalue weighted by molar-refractivity contribution is 6.19. The molecule has 1 fully saturated rings. The van der Waals surface area contributed by atoms with Gasteiger partial charge in [0.2, 0.25) is 0 Å². The zero-order chi connectivity index (χ0) is 24.7.